The fourth-order valence-electron chi connectivity index (χ4n) is 7.04. The summed E-state index contributed by atoms with van der Waals surface area (Å²) in [6.45, 7) is 0. The van der Waals surface area contributed by atoms with E-state index < -0.39 is 0 Å². The first-order chi connectivity index (χ1) is 14.7. The van der Waals surface area contributed by atoms with Crippen molar-refractivity contribution in [1.82, 2.24) is 30.0 Å². The minimum atomic E-state index is 0.249. The zero-order valence-electron chi connectivity index (χ0n) is 17.3. The van der Waals surface area contributed by atoms with Crippen LogP contribution in [0.4, 0.5) is 0 Å². The number of nitrogens with one attached hydrogen (secondary N) is 1. The Morgan fingerprint density at radius 1 is 1.10 bits per heavy atom. The number of aromatic amines is 1. The summed E-state index contributed by atoms with van der Waals surface area (Å²) in [4.78, 5) is 17.9. The highest BCUT2D eigenvalue weighted by atomic mass is 16.1. The Bertz CT molecular complexity index is 1030. The maximum atomic E-state index is 13.2. The van der Waals surface area contributed by atoms with Crippen molar-refractivity contribution < 1.29 is 4.79 Å². The number of H-pyrrole nitrogens is 1. The number of carbonyl (C=O) groups excluding carboxylic acids is 1. The molecular formula is C23H28N6O. The second-order valence-electron chi connectivity index (χ2n) is 10.0. The van der Waals surface area contributed by atoms with Crippen molar-refractivity contribution in [3.05, 3.63) is 41.6 Å². The number of hydrogen-bond donors (Lipinski definition) is 1. The first-order valence-electron chi connectivity index (χ1n) is 11.4. The Balaban J connectivity index is 1.17. The Morgan fingerprint density at radius 2 is 1.87 bits per heavy atom. The first kappa shape index (κ1) is 18.2. The van der Waals surface area contributed by atoms with Crippen LogP contribution in [0.25, 0.3) is 5.65 Å². The van der Waals surface area contributed by atoms with Gasteiger partial charge in [0, 0.05) is 19.0 Å². The van der Waals surface area contributed by atoms with Gasteiger partial charge in [-0.2, -0.15) is 5.21 Å². The fourth-order valence-corrected chi connectivity index (χ4v) is 7.04. The van der Waals surface area contributed by atoms with Gasteiger partial charge < -0.3 is 0 Å². The molecular weight excluding hydrogens is 376 g/mol. The van der Waals surface area contributed by atoms with Crippen LogP contribution in [0.3, 0.4) is 0 Å². The van der Waals surface area contributed by atoms with Crippen molar-refractivity contribution in [3.63, 3.8) is 0 Å². The Morgan fingerprint density at radius 3 is 2.57 bits per heavy atom. The average molecular weight is 405 g/mol. The molecule has 0 saturated heterocycles. The molecule has 0 aliphatic heterocycles. The number of carbonyl (C=O) groups is 1. The number of rotatable bonds is 7. The zero-order chi connectivity index (χ0) is 20.1. The standard InChI is InChI=1S/C23H28N6O/c30-20(6-7-23-11-15-8-16(12-23)10-17(9-15)13-23)19-2-1-3-22-24-18(14-29(19)22)4-5-21-25-27-28-26-21/h1-3,14-17H,4-13H2,(H,25,26,27,28). The fraction of sp³-hybridized carbons (Fsp3) is 0.609. The minimum absolute atomic E-state index is 0.249. The summed E-state index contributed by atoms with van der Waals surface area (Å²) in [6.07, 6.45) is 13.6. The summed E-state index contributed by atoms with van der Waals surface area (Å²) in [7, 11) is 0. The van der Waals surface area contributed by atoms with Gasteiger partial charge in [0.15, 0.2) is 11.6 Å². The summed E-state index contributed by atoms with van der Waals surface area (Å²) in [5.74, 6) is 3.73. The predicted molar refractivity (Wildman–Crippen MR) is 111 cm³/mol. The second kappa shape index (κ2) is 7.00. The van der Waals surface area contributed by atoms with Crippen LogP contribution in [-0.4, -0.2) is 35.8 Å². The number of pyridine rings is 1. The lowest BCUT2D eigenvalue weighted by molar-refractivity contribution is -0.0570. The molecule has 4 bridgehead atoms. The molecule has 30 heavy (non-hydrogen) atoms. The summed E-state index contributed by atoms with van der Waals surface area (Å²) in [5.41, 5.74) is 2.98. The number of nitrogens with zero attached hydrogens (tertiary/aromatic N) is 5. The maximum absolute atomic E-state index is 13.2. The van der Waals surface area contributed by atoms with Gasteiger partial charge in [0.2, 0.25) is 0 Å². The van der Waals surface area contributed by atoms with Crippen molar-refractivity contribution in [2.45, 2.75) is 64.2 Å². The van der Waals surface area contributed by atoms with E-state index in [4.69, 9.17) is 4.98 Å². The van der Waals surface area contributed by atoms with Gasteiger partial charge in [-0.05, 0) is 86.7 Å². The van der Waals surface area contributed by atoms with Crippen molar-refractivity contribution >= 4 is 11.4 Å². The molecule has 156 valence electrons. The molecule has 3 heterocycles. The number of fused-ring (bicyclic) bond motifs is 1. The molecule has 0 radical (unpaired) electrons. The SMILES string of the molecule is O=C(CCC12CC3CC(CC(C3)C1)C2)c1cccc2nc(CCc3nn[nH]n3)cn12. The van der Waals surface area contributed by atoms with Gasteiger partial charge in [-0.1, -0.05) is 11.3 Å². The van der Waals surface area contributed by atoms with Crippen LogP contribution in [-0.2, 0) is 12.8 Å². The second-order valence-corrected chi connectivity index (χ2v) is 10.0. The number of imidazole rings is 1. The van der Waals surface area contributed by atoms with Gasteiger partial charge in [-0.15, -0.1) is 10.2 Å². The quantitative estimate of drug-likeness (QED) is 0.605. The van der Waals surface area contributed by atoms with E-state index in [1.54, 1.807) is 0 Å². The van der Waals surface area contributed by atoms with Gasteiger partial charge in [0.25, 0.3) is 0 Å². The molecule has 0 unspecified atom stereocenters. The molecule has 7 rings (SSSR count). The molecule has 3 aromatic rings. The summed E-state index contributed by atoms with van der Waals surface area (Å²) >= 11 is 0. The average Bonchev–Trinajstić information content (AvgIpc) is 3.38. The van der Waals surface area contributed by atoms with Crippen LogP contribution in [0.1, 0.15) is 73.4 Å². The van der Waals surface area contributed by atoms with Crippen LogP contribution < -0.4 is 0 Å². The molecule has 4 saturated carbocycles. The molecule has 4 aliphatic rings. The summed E-state index contributed by atoms with van der Waals surface area (Å²) < 4.78 is 1.97. The van der Waals surface area contributed by atoms with Gasteiger partial charge in [-0.25, -0.2) is 4.98 Å². The molecule has 0 spiro atoms. The molecule has 7 nitrogen and oxygen atoms in total. The largest absolute Gasteiger partial charge is 0.296 e. The van der Waals surface area contributed by atoms with Gasteiger partial charge in [-0.3, -0.25) is 9.20 Å². The predicted octanol–water partition coefficient (Wildman–Crippen LogP) is 3.81. The monoisotopic (exact) mass is 404 g/mol. The Kier molecular flexibility index (Phi) is 4.25. The normalized spacial score (nSPS) is 29.7. The molecule has 1 N–H and O–H groups in total. The van der Waals surface area contributed by atoms with E-state index in [0.29, 0.717) is 24.1 Å². The van der Waals surface area contributed by atoms with E-state index in [1.165, 1.54) is 38.5 Å². The van der Waals surface area contributed by atoms with Crippen LogP contribution in [0.5, 0.6) is 0 Å². The molecule has 4 aliphatic carbocycles. The van der Waals surface area contributed by atoms with Crippen molar-refractivity contribution in [3.8, 4) is 0 Å². The molecule has 4 fully saturated rings. The lowest BCUT2D eigenvalue weighted by Gasteiger charge is -2.57. The van der Waals surface area contributed by atoms with Crippen LogP contribution in [0.15, 0.2) is 24.4 Å². The highest BCUT2D eigenvalue weighted by molar-refractivity contribution is 5.95. The Hall–Kier alpha value is -2.57. The molecule has 0 atom stereocenters. The highest BCUT2D eigenvalue weighted by Crippen LogP contribution is 2.61. The molecule has 0 aromatic carbocycles. The van der Waals surface area contributed by atoms with E-state index in [-0.39, 0.29) is 5.78 Å². The minimum Gasteiger partial charge on any atom is -0.296 e. The summed E-state index contributed by atoms with van der Waals surface area (Å²) in [6, 6.07) is 5.86. The number of tetrazole rings is 1. The maximum Gasteiger partial charge on any atom is 0.179 e. The molecule has 3 aromatic heterocycles. The highest BCUT2D eigenvalue weighted by Gasteiger charge is 2.50. The lowest BCUT2D eigenvalue weighted by Crippen LogP contribution is -2.46. The van der Waals surface area contributed by atoms with Crippen molar-refractivity contribution in [1.29, 1.82) is 0 Å². The zero-order valence-corrected chi connectivity index (χ0v) is 17.3. The van der Waals surface area contributed by atoms with E-state index in [2.05, 4.69) is 20.6 Å². The summed E-state index contributed by atoms with van der Waals surface area (Å²) in [5, 5.41) is 14.1. The number of aromatic nitrogens is 6. The smallest absolute Gasteiger partial charge is 0.179 e. The topological polar surface area (TPSA) is 88.8 Å². The number of ketones is 1. The van der Waals surface area contributed by atoms with E-state index in [9.17, 15) is 4.79 Å². The Labute approximate surface area is 175 Å². The van der Waals surface area contributed by atoms with E-state index >= 15 is 0 Å². The van der Waals surface area contributed by atoms with Gasteiger partial charge in [0.05, 0.1) is 11.4 Å². The van der Waals surface area contributed by atoms with Crippen LogP contribution in [0.2, 0.25) is 0 Å². The third-order valence-electron chi connectivity index (χ3n) is 7.87. The van der Waals surface area contributed by atoms with E-state index in [1.807, 2.05) is 28.8 Å². The van der Waals surface area contributed by atoms with Crippen LogP contribution >= 0.6 is 0 Å². The third-order valence-corrected chi connectivity index (χ3v) is 7.87. The van der Waals surface area contributed by atoms with Gasteiger partial charge in [0.1, 0.15) is 5.65 Å². The number of hydrogen-bond acceptors (Lipinski definition) is 5. The van der Waals surface area contributed by atoms with Gasteiger partial charge >= 0.3 is 0 Å². The number of Topliss-reactive ketones (excluding diaryl/α,β-unsaturated/α-hetero) is 1. The van der Waals surface area contributed by atoms with Crippen molar-refractivity contribution in [2.24, 2.45) is 23.2 Å². The lowest BCUT2D eigenvalue weighted by atomic mass is 9.48. The van der Waals surface area contributed by atoms with E-state index in [0.717, 1.165) is 47.6 Å². The number of aryl methyl sites for hydroxylation is 2. The molecule has 0 amide bonds. The van der Waals surface area contributed by atoms with Crippen molar-refractivity contribution in [2.75, 3.05) is 0 Å². The van der Waals surface area contributed by atoms with Crippen LogP contribution in [0, 0.1) is 23.2 Å². The third kappa shape index (κ3) is 3.24. The first-order valence-corrected chi connectivity index (χ1v) is 11.4. The molecule has 7 heteroatoms.